The molecule has 5 heteroatoms. The highest BCUT2D eigenvalue weighted by Crippen LogP contribution is 2.37. The fourth-order valence-electron chi connectivity index (χ4n) is 2.90. The minimum Gasteiger partial charge on any atom is -0.481 e. The van der Waals surface area contributed by atoms with Crippen molar-refractivity contribution in [2.45, 2.75) is 26.7 Å². The molecule has 0 spiro atoms. The Morgan fingerprint density at radius 3 is 2.50 bits per heavy atom. The Hall–Kier alpha value is -1.91. The molecule has 1 aliphatic rings. The number of hydrogen-bond donors (Lipinski definition) is 2. The maximum Gasteiger partial charge on any atom is 0.307 e. The molecule has 3 atom stereocenters. The minimum absolute atomic E-state index is 0.209. The first-order chi connectivity index (χ1) is 9.36. The van der Waals surface area contributed by atoms with E-state index in [0.29, 0.717) is 24.1 Å². The number of carboxylic acids is 1. The van der Waals surface area contributed by atoms with Gasteiger partial charge >= 0.3 is 5.97 Å². The molecule has 0 bridgehead atoms. The molecule has 1 aliphatic carbocycles. The lowest BCUT2D eigenvalue weighted by Gasteiger charge is -2.15. The van der Waals surface area contributed by atoms with Crippen molar-refractivity contribution in [2.24, 2.45) is 17.8 Å². The highest BCUT2D eigenvalue weighted by Gasteiger charge is 2.41. The van der Waals surface area contributed by atoms with Crippen LogP contribution in [0.15, 0.2) is 18.2 Å². The molecular formula is C15H18FNO3. The number of rotatable bonds is 3. The van der Waals surface area contributed by atoms with Gasteiger partial charge in [-0.25, -0.2) is 4.39 Å². The van der Waals surface area contributed by atoms with Crippen molar-refractivity contribution < 1.29 is 19.1 Å². The van der Waals surface area contributed by atoms with Crippen LogP contribution in [0.25, 0.3) is 0 Å². The molecular weight excluding hydrogens is 261 g/mol. The van der Waals surface area contributed by atoms with E-state index in [-0.39, 0.29) is 11.8 Å². The minimum atomic E-state index is -0.940. The molecule has 0 heterocycles. The zero-order valence-electron chi connectivity index (χ0n) is 11.5. The summed E-state index contributed by atoms with van der Waals surface area (Å²) < 4.78 is 13.3. The topological polar surface area (TPSA) is 66.4 Å². The summed E-state index contributed by atoms with van der Waals surface area (Å²) in [5.41, 5.74) is 1.08. The van der Waals surface area contributed by atoms with Crippen LogP contribution in [-0.4, -0.2) is 17.0 Å². The van der Waals surface area contributed by atoms with Crippen molar-refractivity contribution in [1.29, 1.82) is 0 Å². The molecule has 1 aromatic carbocycles. The number of benzene rings is 1. The van der Waals surface area contributed by atoms with E-state index < -0.39 is 23.6 Å². The number of aliphatic carboxylic acids is 1. The van der Waals surface area contributed by atoms with Gasteiger partial charge in [-0.05, 0) is 49.4 Å². The summed E-state index contributed by atoms with van der Waals surface area (Å²) >= 11 is 0. The molecule has 0 radical (unpaired) electrons. The van der Waals surface area contributed by atoms with Gasteiger partial charge in [0.1, 0.15) is 5.82 Å². The van der Waals surface area contributed by atoms with Crippen LogP contribution in [-0.2, 0) is 9.59 Å². The first-order valence-electron chi connectivity index (χ1n) is 6.67. The third-order valence-electron chi connectivity index (χ3n) is 3.76. The van der Waals surface area contributed by atoms with E-state index in [9.17, 15) is 14.0 Å². The lowest BCUT2D eigenvalue weighted by molar-refractivity contribution is -0.145. The van der Waals surface area contributed by atoms with Crippen LogP contribution >= 0.6 is 0 Å². The van der Waals surface area contributed by atoms with Gasteiger partial charge in [0.2, 0.25) is 5.91 Å². The number of carboxylic acid groups (broad SMARTS) is 1. The SMILES string of the molecule is Cc1cc(F)cc(NC(=O)C2CC(C)CC2C(=O)O)c1. The molecule has 2 N–H and O–H groups in total. The molecule has 0 saturated heterocycles. The number of carbonyl (C=O) groups is 2. The van der Waals surface area contributed by atoms with Crippen molar-refractivity contribution in [1.82, 2.24) is 0 Å². The normalized spacial score (nSPS) is 25.4. The van der Waals surface area contributed by atoms with Crippen molar-refractivity contribution in [3.05, 3.63) is 29.6 Å². The van der Waals surface area contributed by atoms with E-state index in [2.05, 4.69) is 5.32 Å². The standard InChI is InChI=1S/C15H18FNO3/c1-8-3-10(16)7-11(4-8)17-14(18)12-5-9(2)6-13(12)15(19)20/h3-4,7,9,12-13H,5-6H2,1-2H3,(H,17,18)(H,19,20). The van der Waals surface area contributed by atoms with Crippen LogP contribution < -0.4 is 5.32 Å². The molecule has 0 aliphatic heterocycles. The Labute approximate surface area is 117 Å². The third-order valence-corrected chi connectivity index (χ3v) is 3.76. The molecule has 2 rings (SSSR count). The van der Waals surface area contributed by atoms with Crippen LogP contribution in [0.3, 0.4) is 0 Å². The number of halogens is 1. The van der Waals surface area contributed by atoms with Crippen LogP contribution in [0.2, 0.25) is 0 Å². The lowest BCUT2D eigenvalue weighted by Crippen LogP contribution is -2.30. The average molecular weight is 279 g/mol. The molecule has 1 saturated carbocycles. The summed E-state index contributed by atoms with van der Waals surface area (Å²) in [7, 11) is 0. The monoisotopic (exact) mass is 279 g/mol. The van der Waals surface area contributed by atoms with E-state index in [4.69, 9.17) is 5.11 Å². The van der Waals surface area contributed by atoms with E-state index in [1.54, 1.807) is 13.0 Å². The first-order valence-corrected chi connectivity index (χ1v) is 6.67. The van der Waals surface area contributed by atoms with Gasteiger partial charge in [-0.2, -0.15) is 0 Å². The Morgan fingerprint density at radius 2 is 1.90 bits per heavy atom. The molecule has 0 aromatic heterocycles. The Morgan fingerprint density at radius 1 is 1.25 bits per heavy atom. The highest BCUT2D eigenvalue weighted by atomic mass is 19.1. The smallest absolute Gasteiger partial charge is 0.307 e. The molecule has 20 heavy (non-hydrogen) atoms. The van der Waals surface area contributed by atoms with Gasteiger partial charge in [-0.1, -0.05) is 6.92 Å². The molecule has 1 aromatic rings. The van der Waals surface area contributed by atoms with Crippen LogP contribution in [0.5, 0.6) is 0 Å². The zero-order valence-corrected chi connectivity index (χ0v) is 11.5. The number of nitrogens with one attached hydrogen (secondary N) is 1. The van der Waals surface area contributed by atoms with Gasteiger partial charge < -0.3 is 10.4 Å². The van der Waals surface area contributed by atoms with Gasteiger partial charge in [-0.3, -0.25) is 9.59 Å². The van der Waals surface area contributed by atoms with Crippen molar-refractivity contribution in [3.8, 4) is 0 Å². The second-order valence-electron chi connectivity index (χ2n) is 5.63. The van der Waals surface area contributed by atoms with Crippen LogP contribution in [0.1, 0.15) is 25.3 Å². The lowest BCUT2D eigenvalue weighted by atomic mass is 9.95. The van der Waals surface area contributed by atoms with Gasteiger partial charge in [-0.15, -0.1) is 0 Å². The summed E-state index contributed by atoms with van der Waals surface area (Å²) in [4.78, 5) is 23.4. The molecule has 4 nitrogen and oxygen atoms in total. The Bertz CT molecular complexity index is 524. The van der Waals surface area contributed by atoms with Crippen molar-refractivity contribution >= 4 is 17.6 Å². The summed E-state index contributed by atoms with van der Waals surface area (Å²) in [6, 6.07) is 4.27. The van der Waals surface area contributed by atoms with Crippen molar-refractivity contribution in [3.63, 3.8) is 0 Å². The number of carbonyl (C=O) groups excluding carboxylic acids is 1. The Balaban J connectivity index is 2.13. The Kier molecular flexibility index (Phi) is 4.06. The third kappa shape index (κ3) is 3.15. The number of anilines is 1. The molecule has 108 valence electrons. The quantitative estimate of drug-likeness (QED) is 0.894. The van der Waals surface area contributed by atoms with E-state index in [0.717, 1.165) is 0 Å². The predicted molar refractivity (Wildman–Crippen MR) is 72.8 cm³/mol. The first kappa shape index (κ1) is 14.5. The van der Waals surface area contributed by atoms with Crippen molar-refractivity contribution in [2.75, 3.05) is 5.32 Å². The zero-order chi connectivity index (χ0) is 14.9. The average Bonchev–Trinajstić information content (AvgIpc) is 2.70. The maximum atomic E-state index is 13.3. The van der Waals surface area contributed by atoms with E-state index in [1.807, 2.05) is 6.92 Å². The fraction of sp³-hybridized carbons (Fsp3) is 0.467. The second kappa shape index (κ2) is 5.61. The summed E-state index contributed by atoms with van der Waals surface area (Å²) in [5.74, 6) is -2.70. The fourth-order valence-corrected chi connectivity index (χ4v) is 2.90. The molecule has 3 unspecified atom stereocenters. The predicted octanol–water partition coefficient (Wildman–Crippen LogP) is 2.82. The highest BCUT2D eigenvalue weighted by molar-refractivity contribution is 5.95. The summed E-state index contributed by atoms with van der Waals surface area (Å²) in [6.45, 7) is 3.67. The van der Waals surface area contributed by atoms with Crippen LogP contribution in [0.4, 0.5) is 10.1 Å². The second-order valence-corrected chi connectivity index (χ2v) is 5.63. The maximum absolute atomic E-state index is 13.3. The molecule has 1 amide bonds. The summed E-state index contributed by atoms with van der Waals surface area (Å²) in [5, 5.41) is 11.8. The van der Waals surface area contributed by atoms with E-state index in [1.165, 1.54) is 12.1 Å². The number of amides is 1. The largest absolute Gasteiger partial charge is 0.481 e. The van der Waals surface area contributed by atoms with Gasteiger partial charge in [0.15, 0.2) is 0 Å². The number of aryl methyl sites for hydroxylation is 1. The van der Waals surface area contributed by atoms with Crippen LogP contribution in [0, 0.1) is 30.5 Å². The van der Waals surface area contributed by atoms with E-state index >= 15 is 0 Å². The molecule has 1 fully saturated rings. The van der Waals surface area contributed by atoms with Gasteiger partial charge in [0.25, 0.3) is 0 Å². The summed E-state index contributed by atoms with van der Waals surface area (Å²) in [6.07, 6.45) is 1.06. The van der Waals surface area contributed by atoms with Gasteiger partial charge in [0, 0.05) is 5.69 Å². The number of hydrogen-bond acceptors (Lipinski definition) is 2. The van der Waals surface area contributed by atoms with Gasteiger partial charge in [0.05, 0.1) is 11.8 Å².